The third kappa shape index (κ3) is 1.91. The maximum atomic E-state index is 12.0. The van der Waals surface area contributed by atoms with Gasteiger partial charge < -0.3 is 4.74 Å². The monoisotopic (exact) mass is 200 g/mol. The fraction of sp³-hybridized carbons (Fsp3) is 0.900. The Labute approximate surface area is 83.4 Å². The van der Waals surface area contributed by atoms with Crippen LogP contribution in [0.4, 0.5) is 0 Å². The highest BCUT2D eigenvalue weighted by atomic mass is 32.2. The zero-order valence-corrected chi connectivity index (χ0v) is 8.81. The number of Topliss-reactive ketones (excluding diaryl/α,β-unsaturated/α-hetero) is 1. The van der Waals surface area contributed by atoms with Gasteiger partial charge in [-0.15, -0.1) is 0 Å². The van der Waals surface area contributed by atoms with Crippen LogP contribution < -0.4 is 0 Å². The summed E-state index contributed by atoms with van der Waals surface area (Å²) < 4.78 is 5.42. The number of hydrogen-bond acceptors (Lipinski definition) is 3. The predicted octanol–water partition coefficient (Wildman–Crippen LogP) is 1.73. The Bertz CT molecular complexity index is 199. The lowest BCUT2D eigenvalue weighted by Crippen LogP contribution is -2.28. The number of rotatable bonds is 2. The van der Waals surface area contributed by atoms with Gasteiger partial charge in [0.1, 0.15) is 5.78 Å². The van der Waals surface area contributed by atoms with Crippen LogP contribution in [0.3, 0.4) is 0 Å². The Kier molecular flexibility index (Phi) is 2.94. The summed E-state index contributed by atoms with van der Waals surface area (Å²) in [4.78, 5) is 12.0. The Morgan fingerprint density at radius 3 is 2.85 bits per heavy atom. The van der Waals surface area contributed by atoms with E-state index in [1.165, 1.54) is 5.75 Å². The zero-order valence-electron chi connectivity index (χ0n) is 7.99. The first kappa shape index (κ1) is 9.53. The van der Waals surface area contributed by atoms with E-state index in [0.717, 1.165) is 25.2 Å². The van der Waals surface area contributed by atoms with Gasteiger partial charge in [-0.3, -0.25) is 4.79 Å². The molecule has 2 aliphatic heterocycles. The van der Waals surface area contributed by atoms with Gasteiger partial charge in [0.25, 0.3) is 0 Å². The van der Waals surface area contributed by atoms with Crippen molar-refractivity contribution < 1.29 is 9.53 Å². The lowest BCUT2D eigenvalue weighted by molar-refractivity contribution is -0.127. The van der Waals surface area contributed by atoms with E-state index in [-0.39, 0.29) is 12.0 Å². The topological polar surface area (TPSA) is 26.3 Å². The third-order valence-electron chi connectivity index (χ3n) is 3.07. The van der Waals surface area contributed by atoms with Gasteiger partial charge in [-0.1, -0.05) is 0 Å². The summed E-state index contributed by atoms with van der Waals surface area (Å²) in [6.45, 7) is 2.80. The van der Waals surface area contributed by atoms with Crippen molar-refractivity contribution in [2.24, 2.45) is 11.8 Å². The van der Waals surface area contributed by atoms with E-state index in [2.05, 4.69) is 0 Å². The van der Waals surface area contributed by atoms with Gasteiger partial charge in [-0.25, -0.2) is 0 Å². The number of carbonyl (C=O) groups is 1. The second-order valence-corrected chi connectivity index (χ2v) is 5.08. The minimum atomic E-state index is 0.165. The van der Waals surface area contributed by atoms with E-state index in [1.807, 2.05) is 18.7 Å². The molecule has 0 aromatic rings. The molecular formula is C10H16O2S. The molecule has 0 bridgehead atoms. The van der Waals surface area contributed by atoms with Crippen LogP contribution >= 0.6 is 11.8 Å². The number of carbonyl (C=O) groups excluding carboxylic acids is 1. The maximum absolute atomic E-state index is 12.0. The summed E-state index contributed by atoms with van der Waals surface area (Å²) in [7, 11) is 0. The van der Waals surface area contributed by atoms with Crippen LogP contribution in [0.2, 0.25) is 0 Å². The molecule has 2 aliphatic rings. The van der Waals surface area contributed by atoms with E-state index >= 15 is 0 Å². The zero-order chi connectivity index (χ0) is 9.26. The van der Waals surface area contributed by atoms with Crippen molar-refractivity contribution in [1.29, 1.82) is 0 Å². The van der Waals surface area contributed by atoms with E-state index in [9.17, 15) is 4.79 Å². The lowest BCUT2D eigenvalue weighted by Gasteiger charge is -2.16. The average Bonchev–Trinajstić information content (AvgIpc) is 2.72. The summed E-state index contributed by atoms with van der Waals surface area (Å²) in [6.07, 6.45) is 2.20. The Balaban J connectivity index is 1.95. The molecule has 0 aliphatic carbocycles. The second-order valence-electron chi connectivity index (χ2n) is 3.93. The molecule has 0 aromatic carbocycles. The highest BCUT2D eigenvalue weighted by molar-refractivity contribution is 7.99. The van der Waals surface area contributed by atoms with Crippen molar-refractivity contribution in [2.45, 2.75) is 25.9 Å². The largest absolute Gasteiger partial charge is 0.378 e. The number of ketones is 1. The average molecular weight is 200 g/mol. The van der Waals surface area contributed by atoms with Crippen LogP contribution in [0, 0.1) is 11.8 Å². The number of thioether (sulfide) groups is 1. The van der Waals surface area contributed by atoms with Crippen LogP contribution in [0.15, 0.2) is 0 Å². The van der Waals surface area contributed by atoms with Gasteiger partial charge in [-0.2, -0.15) is 11.8 Å². The third-order valence-corrected chi connectivity index (χ3v) is 4.24. The molecule has 74 valence electrons. The predicted molar refractivity (Wildman–Crippen MR) is 54.0 cm³/mol. The molecule has 3 atom stereocenters. The lowest BCUT2D eigenvalue weighted by atomic mass is 9.88. The van der Waals surface area contributed by atoms with Crippen molar-refractivity contribution in [3.8, 4) is 0 Å². The molecule has 3 heteroatoms. The van der Waals surface area contributed by atoms with Crippen molar-refractivity contribution in [3.05, 3.63) is 0 Å². The summed E-state index contributed by atoms with van der Waals surface area (Å²) in [6, 6.07) is 0. The van der Waals surface area contributed by atoms with Crippen LogP contribution in [-0.2, 0) is 9.53 Å². The van der Waals surface area contributed by atoms with Crippen molar-refractivity contribution >= 4 is 17.5 Å². The maximum Gasteiger partial charge on any atom is 0.142 e. The molecule has 2 nitrogen and oxygen atoms in total. The first-order valence-corrected chi connectivity index (χ1v) is 6.17. The summed E-state index contributed by atoms with van der Waals surface area (Å²) >= 11 is 1.91. The highest BCUT2D eigenvalue weighted by Crippen LogP contribution is 2.31. The van der Waals surface area contributed by atoms with E-state index in [4.69, 9.17) is 4.74 Å². The van der Waals surface area contributed by atoms with E-state index in [0.29, 0.717) is 11.7 Å². The van der Waals surface area contributed by atoms with Crippen LogP contribution in [0.25, 0.3) is 0 Å². The summed E-state index contributed by atoms with van der Waals surface area (Å²) in [5, 5.41) is 0. The van der Waals surface area contributed by atoms with Crippen LogP contribution in [0.5, 0.6) is 0 Å². The molecule has 2 rings (SSSR count). The molecule has 0 amide bonds. The molecule has 0 radical (unpaired) electrons. The van der Waals surface area contributed by atoms with Gasteiger partial charge in [-0.05, 0) is 25.5 Å². The summed E-state index contributed by atoms with van der Waals surface area (Å²) in [5.74, 6) is 3.21. The molecule has 0 aromatic heterocycles. The van der Waals surface area contributed by atoms with Crippen molar-refractivity contribution in [1.82, 2.24) is 0 Å². The molecular weight excluding hydrogens is 184 g/mol. The first-order valence-electron chi connectivity index (χ1n) is 5.02. The van der Waals surface area contributed by atoms with Crippen LogP contribution in [-0.4, -0.2) is 30.0 Å². The molecule has 0 spiro atoms. The minimum Gasteiger partial charge on any atom is -0.378 e. The number of ether oxygens (including phenoxy) is 1. The number of hydrogen-bond donors (Lipinski definition) is 0. The van der Waals surface area contributed by atoms with Gasteiger partial charge in [0, 0.05) is 24.2 Å². The molecule has 0 N–H and O–H groups in total. The first-order chi connectivity index (χ1) is 6.29. The smallest absolute Gasteiger partial charge is 0.142 e. The van der Waals surface area contributed by atoms with Crippen molar-refractivity contribution in [3.63, 3.8) is 0 Å². The van der Waals surface area contributed by atoms with Gasteiger partial charge >= 0.3 is 0 Å². The molecule has 2 saturated heterocycles. The standard InChI is InChI=1S/C10H16O2S/c1-7-9(2-4-12-7)10(11)8-3-5-13-6-8/h7-9H,2-6H2,1H3. The van der Waals surface area contributed by atoms with E-state index < -0.39 is 0 Å². The summed E-state index contributed by atoms with van der Waals surface area (Å²) in [5.41, 5.74) is 0. The highest BCUT2D eigenvalue weighted by Gasteiger charge is 2.35. The van der Waals surface area contributed by atoms with Crippen molar-refractivity contribution in [2.75, 3.05) is 18.1 Å². The molecule has 2 heterocycles. The molecule has 0 saturated carbocycles. The molecule has 3 unspecified atom stereocenters. The fourth-order valence-corrected chi connectivity index (χ4v) is 3.40. The quantitative estimate of drug-likeness (QED) is 0.679. The normalized spacial score (nSPS) is 39.6. The Morgan fingerprint density at radius 2 is 2.31 bits per heavy atom. The van der Waals surface area contributed by atoms with Gasteiger partial charge in [0.2, 0.25) is 0 Å². The second kappa shape index (κ2) is 4.01. The fourth-order valence-electron chi connectivity index (χ4n) is 2.17. The van der Waals surface area contributed by atoms with Crippen LogP contribution in [0.1, 0.15) is 19.8 Å². The Morgan fingerprint density at radius 1 is 1.46 bits per heavy atom. The minimum absolute atomic E-state index is 0.165. The molecule has 13 heavy (non-hydrogen) atoms. The Hall–Kier alpha value is -0.0200. The molecule has 2 fully saturated rings. The SMILES string of the molecule is CC1OCCC1C(=O)C1CCSC1. The van der Waals surface area contributed by atoms with Gasteiger partial charge in [0.05, 0.1) is 6.10 Å². The van der Waals surface area contributed by atoms with Gasteiger partial charge in [0.15, 0.2) is 0 Å². The van der Waals surface area contributed by atoms with E-state index in [1.54, 1.807) is 0 Å².